The minimum atomic E-state index is -0.760. The van der Waals surface area contributed by atoms with E-state index < -0.39 is 12.0 Å². The molecule has 2 unspecified atom stereocenters. The summed E-state index contributed by atoms with van der Waals surface area (Å²) in [7, 11) is 0. The van der Waals surface area contributed by atoms with Crippen LogP contribution in [0.3, 0.4) is 0 Å². The van der Waals surface area contributed by atoms with Gasteiger partial charge in [0.1, 0.15) is 6.04 Å². The minimum Gasteiger partial charge on any atom is -0.480 e. The van der Waals surface area contributed by atoms with E-state index in [1.807, 2.05) is 11.8 Å². The number of carbonyl (C=O) groups is 1. The molecule has 0 aliphatic carbocycles. The number of hydrogen-bond donors (Lipinski definition) is 1. The van der Waals surface area contributed by atoms with Gasteiger partial charge in [0.25, 0.3) is 0 Å². The van der Waals surface area contributed by atoms with Crippen LogP contribution in [0.2, 0.25) is 0 Å². The molecule has 1 aromatic rings. The van der Waals surface area contributed by atoms with E-state index in [-0.39, 0.29) is 5.92 Å². The maximum atomic E-state index is 11.4. The zero-order valence-electron chi connectivity index (χ0n) is 11.5. The number of carboxylic acids is 1. The molecule has 1 aliphatic rings. The number of carboxylic acid groups (broad SMARTS) is 1. The zero-order chi connectivity index (χ0) is 13.8. The van der Waals surface area contributed by atoms with Crippen molar-refractivity contribution < 1.29 is 14.4 Å². The molecule has 1 aromatic heterocycles. The van der Waals surface area contributed by atoms with E-state index in [1.165, 1.54) is 0 Å². The molecular weight excluding hydrogens is 246 g/mol. The van der Waals surface area contributed by atoms with Crippen molar-refractivity contribution in [3.63, 3.8) is 0 Å². The predicted octanol–water partition coefficient (Wildman–Crippen LogP) is 1.71. The highest BCUT2D eigenvalue weighted by Crippen LogP contribution is 2.24. The molecule has 1 fully saturated rings. The van der Waals surface area contributed by atoms with Crippen molar-refractivity contribution >= 4 is 5.97 Å². The number of likely N-dealkylation sites (tertiary alicyclic amines) is 1. The summed E-state index contributed by atoms with van der Waals surface area (Å²) in [6.45, 7) is 5.27. The SMILES string of the molecule is CCCc1nc(CN2CCCC(C)C2C(=O)O)no1. The molecule has 0 radical (unpaired) electrons. The van der Waals surface area contributed by atoms with Crippen LogP contribution in [0.1, 0.15) is 44.8 Å². The maximum absolute atomic E-state index is 11.4. The lowest BCUT2D eigenvalue weighted by molar-refractivity contribution is -0.147. The Kier molecular flexibility index (Phi) is 4.52. The second-order valence-corrected chi connectivity index (χ2v) is 5.23. The van der Waals surface area contributed by atoms with Crippen molar-refractivity contribution in [2.75, 3.05) is 6.54 Å². The number of aromatic nitrogens is 2. The molecule has 2 rings (SSSR count). The van der Waals surface area contributed by atoms with Gasteiger partial charge in [0.2, 0.25) is 5.89 Å². The highest BCUT2D eigenvalue weighted by molar-refractivity contribution is 5.74. The Balaban J connectivity index is 2.04. The molecule has 6 nitrogen and oxygen atoms in total. The fourth-order valence-corrected chi connectivity index (χ4v) is 2.70. The maximum Gasteiger partial charge on any atom is 0.321 e. The van der Waals surface area contributed by atoms with Crippen molar-refractivity contribution in [3.05, 3.63) is 11.7 Å². The van der Waals surface area contributed by atoms with Crippen molar-refractivity contribution in [1.29, 1.82) is 0 Å². The van der Waals surface area contributed by atoms with Crippen LogP contribution in [-0.2, 0) is 17.8 Å². The van der Waals surface area contributed by atoms with Gasteiger partial charge in [-0.1, -0.05) is 19.0 Å². The number of rotatable bonds is 5. The zero-order valence-corrected chi connectivity index (χ0v) is 11.5. The largest absolute Gasteiger partial charge is 0.480 e. The first-order valence-corrected chi connectivity index (χ1v) is 6.90. The molecule has 0 bridgehead atoms. The van der Waals surface area contributed by atoms with Gasteiger partial charge in [-0.05, 0) is 31.7 Å². The molecule has 1 N–H and O–H groups in total. The van der Waals surface area contributed by atoms with Gasteiger partial charge in [0, 0.05) is 6.42 Å². The van der Waals surface area contributed by atoms with Gasteiger partial charge < -0.3 is 9.63 Å². The van der Waals surface area contributed by atoms with Gasteiger partial charge >= 0.3 is 5.97 Å². The van der Waals surface area contributed by atoms with Gasteiger partial charge in [-0.3, -0.25) is 9.69 Å². The third kappa shape index (κ3) is 3.32. The summed E-state index contributed by atoms with van der Waals surface area (Å²) in [4.78, 5) is 17.6. The molecule has 0 spiro atoms. The first-order chi connectivity index (χ1) is 9.11. The Morgan fingerprint density at radius 2 is 2.37 bits per heavy atom. The summed E-state index contributed by atoms with van der Waals surface area (Å²) in [5.41, 5.74) is 0. The van der Waals surface area contributed by atoms with Crippen molar-refractivity contribution in [3.8, 4) is 0 Å². The Morgan fingerprint density at radius 3 is 3.05 bits per heavy atom. The van der Waals surface area contributed by atoms with Crippen molar-refractivity contribution in [2.45, 2.75) is 52.1 Å². The van der Waals surface area contributed by atoms with E-state index in [2.05, 4.69) is 17.1 Å². The molecule has 1 saturated heterocycles. The number of piperidine rings is 1. The number of nitrogens with zero attached hydrogens (tertiary/aromatic N) is 3. The van der Waals surface area contributed by atoms with E-state index >= 15 is 0 Å². The normalized spacial score (nSPS) is 24.5. The van der Waals surface area contributed by atoms with Crippen LogP contribution in [0.4, 0.5) is 0 Å². The Bertz CT molecular complexity index is 433. The summed E-state index contributed by atoms with van der Waals surface area (Å²) >= 11 is 0. The highest BCUT2D eigenvalue weighted by Gasteiger charge is 2.34. The standard InChI is InChI=1S/C13H21N3O3/c1-3-5-11-14-10(15-19-11)8-16-7-4-6-9(2)12(16)13(17)18/h9,12H,3-8H2,1-2H3,(H,17,18). The Morgan fingerprint density at radius 1 is 1.58 bits per heavy atom. The first-order valence-electron chi connectivity index (χ1n) is 6.90. The molecule has 2 heterocycles. The second kappa shape index (κ2) is 6.14. The topological polar surface area (TPSA) is 79.5 Å². The molecule has 0 saturated carbocycles. The summed E-state index contributed by atoms with van der Waals surface area (Å²) in [6.07, 6.45) is 3.71. The van der Waals surface area contributed by atoms with Gasteiger partial charge in [-0.25, -0.2) is 0 Å². The molecule has 0 amide bonds. The van der Waals surface area contributed by atoms with Crippen molar-refractivity contribution in [1.82, 2.24) is 15.0 Å². The lowest BCUT2D eigenvalue weighted by Crippen LogP contribution is -2.48. The second-order valence-electron chi connectivity index (χ2n) is 5.23. The highest BCUT2D eigenvalue weighted by atomic mass is 16.5. The average molecular weight is 267 g/mol. The van der Waals surface area contributed by atoms with E-state index in [9.17, 15) is 9.90 Å². The smallest absolute Gasteiger partial charge is 0.321 e. The molecule has 0 aromatic carbocycles. The predicted molar refractivity (Wildman–Crippen MR) is 68.5 cm³/mol. The summed E-state index contributed by atoms with van der Waals surface area (Å²) in [6, 6.07) is -0.443. The fourth-order valence-electron chi connectivity index (χ4n) is 2.70. The van der Waals surface area contributed by atoms with Crippen LogP contribution < -0.4 is 0 Å². The molecule has 106 valence electrons. The van der Waals surface area contributed by atoms with Gasteiger partial charge in [-0.15, -0.1) is 0 Å². The van der Waals surface area contributed by atoms with Crippen LogP contribution in [-0.4, -0.2) is 38.7 Å². The first kappa shape index (κ1) is 14.0. The number of aliphatic carboxylic acids is 1. The summed E-state index contributed by atoms with van der Waals surface area (Å²) < 4.78 is 5.13. The molecule has 2 atom stereocenters. The molecular formula is C13H21N3O3. The lowest BCUT2D eigenvalue weighted by Gasteiger charge is -2.36. The number of hydrogen-bond acceptors (Lipinski definition) is 5. The van der Waals surface area contributed by atoms with Gasteiger partial charge in [-0.2, -0.15) is 4.98 Å². The molecule has 19 heavy (non-hydrogen) atoms. The molecule has 1 aliphatic heterocycles. The summed E-state index contributed by atoms with van der Waals surface area (Å²) in [5, 5.41) is 13.3. The van der Waals surface area contributed by atoms with Crippen LogP contribution in [0.15, 0.2) is 4.52 Å². The van der Waals surface area contributed by atoms with E-state index in [1.54, 1.807) is 0 Å². The Hall–Kier alpha value is -1.43. The summed E-state index contributed by atoms with van der Waals surface area (Å²) in [5.74, 6) is 0.621. The minimum absolute atomic E-state index is 0.160. The monoisotopic (exact) mass is 267 g/mol. The van der Waals surface area contributed by atoms with E-state index in [0.29, 0.717) is 18.3 Å². The van der Waals surface area contributed by atoms with Crippen LogP contribution in [0.5, 0.6) is 0 Å². The van der Waals surface area contributed by atoms with Gasteiger partial charge in [0.05, 0.1) is 6.54 Å². The van der Waals surface area contributed by atoms with Crippen molar-refractivity contribution in [2.24, 2.45) is 5.92 Å². The number of aryl methyl sites for hydroxylation is 1. The molecule has 6 heteroatoms. The quantitative estimate of drug-likeness (QED) is 0.874. The van der Waals surface area contributed by atoms with E-state index in [0.717, 1.165) is 32.2 Å². The van der Waals surface area contributed by atoms with Gasteiger partial charge in [0.15, 0.2) is 5.82 Å². The lowest BCUT2D eigenvalue weighted by atomic mass is 9.91. The third-order valence-corrected chi connectivity index (χ3v) is 3.61. The van der Waals surface area contributed by atoms with Crippen LogP contribution in [0, 0.1) is 5.92 Å². The average Bonchev–Trinajstić information content (AvgIpc) is 2.76. The van der Waals surface area contributed by atoms with Crippen LogP contribution >= 0.6 is 0 Å². The van der Waals surface area contributed by atoms with Crippen LogP contribution in [0.25, 0.3) is 0 Å². The fraction of sp³-hybridized carbons (Fsp3) is 0.769. The van der Waals surface area contributed by atoms with E-state index in [4.69, 9.17) is 4.52 Å². The Labute approximate surface area is 112 Å². The third-order valence-electron chi connectivity index (χ3n) is 3.61.